The molecule has 0 unspecified atom stereocenters. The van der Waals surface area contributed by atoms with E-state index in [4.69, 9.17) is 0 Å². The van der Waals surface area contributed by atoms with Crippen molar-refractivity contribution in [1.82, 2.24) is 0 Å². The number of carbonyl (C=O) groups excluding carboxylic acids is 2. The van der Waals surface area contributed by atoms with Crippen molar-refractivity contribution in [2.24, 2.45) is 11.8 Å². The summed E-state index contributed by atoms with van der Waals surface area (Å²) in [5.74, 6) is -4.59. The summed E-state index contributed by atoms with van der Waals surface area (Å²) in [5, 5.41) is 4.75. The second kappa shape index (κ2) is 8.41. The van der Waals surface area contributed by atoms with Gasteiger partial charge in [-0.3, -0.25) is 9.59 Å². The van der Waals surface area contributed by atoms with Crippen LogP contribution in [0.5, 0.6) is 0 Å². The number of nitrogens with one attached hydrogen (secondary N) is 2. The van der Waals surface area contributed by atoms with Crippen LogP contribution in [0.2, 0.25) is 0 Å². The summed E-state index contributed by atoms with van der Waals surface area (Å²) in [5.41, 5.74) is -0.460. The molecule has 1 aliphatic rings. The van der Waals surface area contributed by atoms with Gasteiger partial charge in [-0.25, -0.2) is 17.6 Å². The van der Waals surface area contributed by atoms with Crippen LogP contribution >= 0.6 is 0 Å². The van der Waals surface area contributed by atoms with Gasteiger partial charge in [0.2, 0.25) is 11.8 Å². The Kier molecular flexibility index (Phi) is 5.96. The van der Waals surface area contributed by atoms with Gasteiger partial charge in [0, 0.05) is 24.0 Å². The van der Waals surface area contributed by atoms with Gasteiger partial charge in [0.1, 0.15) is 23.3 Å². The fourth-order valence-electron chi connectivity index (χ4n) is 3.27. The van der Waals surface area contributed by atoms with Crippen LogP contribution in [0.3, 0.4) is 0 Å². The maximum Gasteiger partial charge on any atom is 0.227 e. The number of carbonyl (C=O) groups is 2. The molecule has 0 aromatic heterocycles. The van der Waals surface area contributed by atoms with E-state index in [0.29, 0.717) is 25.7 Å². The maximum atomic E-state index is 13.6. The highest BCUT2D eigenvalue weighted by molar-refractivity contribution is 5.94. The zero-order valence-electron chi connectivity index (χ0n) is 14.8. The Morgan fingerprint density at radius 1 is 0.679 bits per heavy atom. The third-order valence-corrected chi connectivity index (χ3v) is 4.84. The Hall–Kier alpha value is -2.90. The van der Waals surface area contributed by atoms with E-state index in [2.05, 4.69) is 10.6 Å². The standard InChI is InChI=1S/C20H18F4N2O2/c21-13-5-7-15(23)17(9-13)25-19(27)11-1-2-12(4-3-11)20(28)26-18-10-14(22)6-8-16(18)24/h5-12H,1-4H2,(H,25,27)(H,26,28). The van der Waals surface area contributed by atoms with Crippen LogP contribution in [0.4, 0.5) is 28.9 Å². The van der Waals surface area contributed by atoms with E-state index in [0.717, 1.165) is 36.4 Å². The fraction of sp³-hybridized carbons (Fsp3) is 0.300. The van der Waals surface area contributed by atoms with E-state index in [1.54, 1.807) is 0 Å². The molecule has 3 rings (SSSR count). The highest BCUT2D eigenvalue weighted by Crippen LogP contribution is 2.31. The highest BCUT2D eigenvalue weighted by atomic mass is 19.1. The van der Waals surface area contributed by atoms with Crippen molar-refractivity contribution in [3.8, 4) is 0 Å². The fourth-order valence-corrected chi connectivity index (χ4v) is 3.27. The molecular formula is C20H18F4N2O2. The topological polar surface area (TPSA) is 58.2 Å². The van der Waals surface area contributed by atoms with Gasteiger partial charge in [0.25, 0.3) is 0 Å². The molecular weight excluding hydrogens is 376 g/mol. The van der Waals surface area contributed by atoms with Crippen LogP contribution in [0.1, 0.15) is 25.7 Å². The van der Waals surface area contributed by atoms with Gasteiger partial charge < -0.3 is 10.6 Å². The van der Waals surface area contributed by atoms with Gasteiger partial charge >= 0.3 is 0 Å². The number of halogens is 4. The summed E-state index contributed by atoms with van der Waals surface area (Å²) >= 11 is 0. The summed E-state index contributed by atoms with van der Waals surface area (Å²) in [6.07, 6.45) is 1.47. The van der Waals surface area contributed by atoms with Crippen LogP contribution in [0.25, 0.3) is 0 Å². The first-order valence-electron chi connectivity index (χ1n) is 8.85. The molecule has 0 radical (unpaired) electrons. The lowest BCUT2D eigenvalue weighted by molar-refractivity contribution is -0.125. The Morgan fingerprint density at radius 2 is 1.04 bits per heavy atom. The van der Waals surface area contributed by atoms with E-state index in [-0.39, 0.29) is 11.4 Å². The first-order valence-corrected chi connectivity index (χ1v) is 8.85. The predicted molar refractivity (Wildman–Crippen MR) is 95.4 cm³/mol. The number of rotatable bonds is 4. The van der Waals surface area contributed by atoms with Crippen LogP contribution in [-0.2, 0) is 9.59 Å². The second-order valence-corrected chi connectivity index (χ2v) is 6.78. The molecule has 0 saturated heterocycles. The molecule has 0 aliphatic heterocycles. The highest BCUT2D eigenvalue weighted by Gasteiger charge is 2.30. The van der Waals surface area contributed by atoms with Crippen LogP contribution in [0, 0.1) is 35.1 Å². The lowest BCUT2D eigenvalue weighted by atomic mass is 9.81. The van der Waals surface area contributed by atoms with Gasteiger partial charge in [0.05, 0.1) is 11.4 Å². The third-order valence-electron chi connectivity index (χ3n) is 4.84. The molecule has 0 atom stereocenters. The molecule has 0 spiro atoms. The minimum atomic E-state index is -0.736. The quantitative estimate of drug-likeness (QED) is 0.743. The number of amides is 2. The molecule has 1 fully saturated rings. The lowest BCUT2D eigenvalue weighted by Crippen LogP contribution is -2.32. The second-order valence-electron chi connectivity index (χ2n) is 6.78. The largest absolute Gasteiger partial charge is 0.323 e. The van der Waals surface area contributed by atoms with E-state index < -0.39 is 46.9 Å². The Balaban J connectivity index is 1.55. The average Bonchev–Trinajstić information content (AvgIpc) is 2.67. The molecule has 2 amide bonds. The number of hydrogen-bond acceptors (Lipinski definition) is 2. The van der Waals surface area contributed by atoms with Crippen LogP contribution < -0.4 is 10.6 Å². The summed E-state index contributed by atoms with van der Waals surface area (Å²) in [6, 6.07) is 5.57. The summed E-state index contributed by atoms with van der Waals surface area (Å²) < 4.78 is 53.7. The summed E-state index contributed by atoms with van der Waals surface area (Å²) in [7, 11) is 0. The van der Waals surface area contributed by atoms with E-state index in [9.17, 15) is 27.2 Å². The molecule has 2 aromatic carbocycles. The lowest BCUT2D eigenvalue weighted by Gasteiger charge is -2.27. The summed E-state index contributed by atoms with van der Waals surface area (Å²) in [4.78, 5) is 24.6. The molecule has 28 heavy (non-hydrogen) atoms. The van der Waals surface area contributed by atoms with E-state index >= 15 is 0 Å². The SMILES string of the molecule is O=C(Nc1cc(F)ccc1F)C1CCC(C(=O)Nc2cc(F)ccc2F)CC1. The Labute approximate surface area is 158 Å². The zero-order valence-corrected chi connectivity index (χ0v) is 14.8. The van der Waals surface area contributed by atoms with Gasteiger partial charge in [-0.05, 0) is 49.9 Å². The maximum absolute atomic E-state index is 13.6. The van der Waals surface area contributed by atoms with Crippen molar-refractivity contribution in [2.75, 3.05) is 10.6 Å². The zero-order chi connectivity index (χ0) is 20.3. The average molecular weight is 394 g/mol. The minimum Gasteiger partial charge on any atom is -0.323 e. The van der Waals surface area contributed by atoms with Crippen LogP contribution in [-0.4, -0.2) is 11.8 Å². The van der Waals surface area contributed by atoms with Crippen molar-refractivity contribution in [1.29, 1.82) is 0 Å². The number of benzene rings is 2. The molecule has 0 bridgehead atoms. The number of hydrogen-bond donors (Lipinski definition) is 2. The van der Waals surface area contributed by atoms with Gasteiger partial charge in [-0.2, -0.15) is 0 Å². The van der Waals surface area contributed by atoms with Gasteiger partial charge in [0.15, 0.2) is 0 Å². The van der Waals surface area contributed by atoms with E-state index in [1.165, 1.54) is 0 Å². The molecule has 1 aliphatic carbocycles. The molecule has 148 valence electrons. The first kappa shape index (κ1) is 19.9. The van der Waals surface area contributed by atoms with Gasteiger partial charge in [-0.15, -0.1) is 0 Å². The van der Waals surface area contributed by atoms with Crippen molar-refractivity contribution in [2.45, 2.75) is 25.7 Å². The third kappa shape index (κ3) is 4.68. The molecule has 2 N–H and O–H groups in total. The molecule has 1 saturated carbocycles. The monoisotopic (exact) mass is 394 g/mol. The van der Waals surface area contributed by atoms with E-state index in [1.807, 2.05) is 0 Å². The van der Waals surface area contributed by atoms with Crippen molar-refractivity contribution >= 4 is 23.2 Å². The molecule has 8 heteroatoms. The van der Waals surface area contributed by atoms with Crippen molar-refractivity contribution in [3.05, 3.63) is 59.7 Å². The van der Waals surface area contributed by atoms with Crippen molar-refractivity contribution < 1.29 is 27.2 Å². The first-order chi connectivity index (χ1) is 13.3. The molecule has 0 heterocycles. The normalized spacial score (nSPS) is 19.1. The van der Waals surface area contributed by atoms with Gasteiger partial charge in [-0.1, -0.05) is 0 Å². The smallest absolute Gasteiger partial charge is 0.227 e. The minimum absolute atomic E-state index is 0.230. The molecule has 4 nitrogen and oxygen atoms in total. The Morgan fingerprint density at radius 3 is 1.39 bits per heavy atom. The van der Waals surface area contributed by atoms with Crippen LogP contribution in [0.15, 0.2) is 36.4 Å². The van der Waals surface area contributed by atoms with Crippen molar-refractivity contribution in [3.63, 3.8) is 0 Å². The Bertz CT molecular complexity index is 822. The number of anilines is 2. The molecule has 2 aromatic rings. The summed E-state index contributed by atoms with van der Waals surface area (Å²) in [6.45, 7) is 0. The predicted octanol–water partition coefficient (Wildman–Crippen LogP) is 4.63.